The monoisotopic (exact) mass is 389 g/mol. The zero-order valence-electron chi connectivity index (χ0n) is 14.9. The van der Waals surface area contributed by atoms with Gasteiger partial charge in [-0.1, -0.05) is 17.7 Å². The van der Waals surface area contributed by atoms with Gasteiger partial charge < -0.3 is 5.32 Å². The van der Waals surface area contributed by atoms with E-state index in [2.05, 4.69) is 16.2 Å². The molecule has 1 unspecified atom stereocenters. The lowest BCUT2D eigenvalue weighted by molar-refractivity contribution is -0.121. The number of hydrogen-bond acceptors (Lipinski definition) is 4. The van der Waals surface area contributed by atoms with E-state index in [1.807, 2.05) is 19.1 Å². The van der Waals surface area contributed by atoms with Gasteiger partial charge in [-0.3, -0.25) is 25.2 Å². The molecule has 27 heavy (non-hydrogen) atoms. The van der Waals surface area contributed by atoms with Gasteiger partial charge in [-0.05, 0) is 50.2 Å². The number of halogens is 1. The van der Waals surface area contributed by atoms with Gasteiger partial charge in [0.05, 0.1) is 11.0 Å². The van der Waals surface area contributed by atoms with Crippen LogP contribution in [-0.4, -0.2) is 28.7 Å². The first-order valence-electron chi connectivity index (χ1n) is 8.19. The molecule has 6 nitrogen and oxygen atoms in total. The maximum atomic E-state index is 12.8. The highest BCUT2D eigenvalue weighted by atomic mass is 32.2. The Bertz CT molecular complexity index is 810. The highest BCUT2D eigenvalue weighted by Crippen LogP contribution is 2.13. The smallest absolute Gasteiger partial charge is 0.269 e. The maximum absolute atomic E-state index is 12.8. The van der Waals surface area contributed by atoms with Crippen LogP contribution in [0.5, 0.6) is 0 Å². The molecule has 8 heteroatoms. The Kier molecular flexibility index (Phi) is 7.36. The molecule has 0 fully saturated rings. The maximum Gasteiger partial charge on any atom is 0.269 e. The second-order valence-electron chi connectivity index (χ2n) is 5.82. The third kappa shape index (κ3) is 6.74. The van der Waals surface area contributed by atoms with Gasteiger partial charge in [0.1, 0.15) is 5.82 Å². The second-order valence-corrected chi connectivity index (χ2v) is 7.15. The number of hydrogen-bond donors (Lipinski definition) is 3. The quantitative estimate of drug-likeness (QED) is 0.663. The third-order valence-electron chi connectivity index (χ3n) is 3.57. The average Bonchev–Trinajstić information content (AvgIpc) is 2.66. The molecule has 0 aliphatic carbocycles. The number of carbonyl (C=O) groups is 3. The first-order chi connectivity index (χ1) is 12.8. The Labute approximate surface area is 160 Å². The number of nitrogens with one attached hydrogen (secondary N) is 3. The van der Waals surface area contributed by atoms with E-state index in [0.717, 1.165) is 29.5 Å². The fourth-order valence-electron chi connectivity index (χ4n) is 2.00. The molecule has 0 heterocycles. The van der Waals surface area contributed by atoms with Gasteiger partial charge in [-0.15, -0.1) is 11.8 Å². The lowest BCUT2D eigenvalue weighted by atomic mass is 10.2. The van der Waals surface area contributed by atoms with Crippen molar-refractivity contribution in [2.45, 2.75) is 19.1 Å². The van der Waals surface area contributed by atoms with Crippen molar-refractivity contribution in [2.24, 2.45) is 0 Å². The van der Waals surface area contributed by atoms with E-state index >= 15 is 0 Å². The first-order valence-corrected chi connectivity index (χ1v) is 9.24. The Hall–Kier alpha value is -2.87. The lowest BCUT2D eigenvalue weighted by Crippen LogP contribution is -2.45. The van der Waals surface area contributed by atoms with E-state index in [-0.39, 0.29) is 17.2 Å². The molecule has 0 saturated carbocycles. The van der Waals surface area contributed by atoms with Crippen LogP contribution in [-0.2, 0) is 9.59 Å². The number of benzene rings is 2. The minimum Gasteiger partial charge on any atom is -0.325 e. The van der Waals surface area contributed by atoms with Gasteiger partial charge in [0.25, 0.3) is 11.8 Å². The average molecular weight is 389 g/mol. The van der Waals surface area contributed by atoms with Gasteiger partial charge >= 0.3 is 0 Å². The van der Waals surface area contributed by atoms with Crippen LogP contribution >= 0.6 is 11.8 Å². The van der Waals surface area contributed by atoms with Crippen LogP contribution in [0.2, 0.25) is 0 Å². The van der Waals surface area contributed by atoms with Gasteiger partial charge in [-0.25, -0.2) is 4.39 Å². The highest BCUT2D eigenvalue weighted by molar-refractivity contribution is 8.01. The number of amides is 3. The summed E-state index contributed by atoms with van der Waals surface area (Å²) in [5.74, 6) is -1.59. The molecule has 2 aromatic carbocycles. The predicted octanol–water partition coefficient (Wildman–Crippen LogP) is 2.66. The SMILES string of the molecule is Cc1ccc(NC(=O)CSC(C)C(=O)NNC(=O)c2ccc(F)cc2)cc1. The van der Waals surface area contributed by atoms with Gasteiger partial charge in [0, 0.05) is 11.3 Å². The minimum absolute atomic E-state index is 0.0916. The molecule has 0 aliphatic heterocycles. The molecule has 3 amide bonds. The summed E-state index contributed by atoms with van der Waals surface area (Å²) >= 11 is 1.14. The summed E-state index contributed by atoms with van der Waals surface area (Å²) in [7, 11) is 0. The molecule has 0 spiro atoms. The number of anilines is 1. The van der Waals surface area contributed by atoms with Gasteiger partial charge in [0.2, 0.25) is 5.91 Å². The zero-order chi connectivity index (χ0) is 19.8. The van der Waals surface area contributed by atoms with Crippen molar-refractivity contribution in [1.82, 2.24) is 10.9 Å². The number of rotatable bonds is 6. The molecule has 0 bridgehead atoms. The van der Waals surface area contributed by atoms with Crippen LogP contribution in [0.1, 0.15) is 22.8 Å². The van der Waals surface area contributed by atoms with Crippen molar-refractivity contribution in [2.75, 3.05) is 11.1 Å². The Balaban J connectivity index is 1.73. The first kappa shape index (κ1) is 20.4. The number of carbonyl (C=O) groups excluding carboxylic acids is 3. The second kappa shape index (κ2) is 9.72. The summed E-state index contributed by atoms with van der Waals surface area (Å²) < 4.78 is 12.8. The van der Waals surface area contributed by atoms with Crippen molar-refractivity contribution in [3.8, 4) is 0 Å². The van der Waals surface area contributed by atoms with Gasteiger partial charge in [0.15, 0.2) is 0 Å². The Morgan fingerprint density at radius 2 is 1.63 bits per heavy atom. The molecule has 3 N–H and O–H groups in total. The van der Waals surface area contributed by atoms with Gasteiger partial charge in [-0.2, -0.15) is 0 Å². The molecular formula is C19H20FN3O3S. The fourth-order valence-corrected chi connectivity index (χ4v) is 2.69. The third-order valence-corrected chi connectivity index (χ3v) is 4.72. The standard InChI is InChI=1S/C19H20FN3O3S/c1-12-3-9-16(10-4-12)21-17(24)11-27-13(2)18(25)22-23-19(26)14-5-7-15(20)8-6-14/h3-10,13H,11H2,1-2H3,(H,21,24)(H,22,25)(H,23,26). The normalized spacial score (nSPS) is 11.4. The molecule has 0 aliphatic rings. The van der Waals surface area contributed by atoms with E-state index in [9.17, 15) is 18.8 Å². The number of aryl methyl sites for hydroxylation is 1. The van der Waals surface area contributed by atoms with Crippen LogP contribution in [0.15, 0.2) is 48.5 Å². The molecule has 1 atom stereocenters. The van der Waals surface area contributed by atoms with Crippen molar-refractivity contribution in [1.29, 1.82) is 0 Å². The number of thioether (sulfide) groups is 1. The summed E-state index contributed by atoms with van der Waals surface area (Å²) in [6, 6.07) is 12.3. The highest BCUT2D eigenvalue weighted by Gasteiger charge is 2.16. The zero-order valence-corrected chi connectivity index (χ0v) is 15.7. The van der Waals surface area contributed by atoms with E-state index in [4.69, 9.17) is 0 Å². The van der Waals surface area contributed by atoms with E-state index < -0.39 is 22.9 Å². The molecule has 2 aromatic rings. The molecule has 0 radical (unpaired) electrons. The molecular weight excluding hydrogens is 369 g/mol. The number of hydrazine groups is 1. The summed E-state index contributed by atoms with van der Waals surface area (Å²) in [6.45, 7) is 3.58. The van der Waals surface area contributed by atoms with Crippen LogP contribution in [0.3, 0.4) is 0 Å². The van der Waals surface area contributed by atoms with E-state index in [1.165, 1.54) is 12.1 Å². The topological polar surface area (TPSA) is 87.3 Å². The molecule has 0 saturated heterocycles. The van der Waals surface area contributed by atoms with Crippen LogP contribution in [0, 0.1) is 12.7 Å². The minimum atomic E-state index is -0.558. The van der Waals surface area contributed by atoms with E-state index in [1.54, 1.807) is 19.1 Å². The summed E-state index contributed by atoms with van der Waals surface area (Å²) in [5.41, 5.74) is 6.55. The molecule has 0 aromatic heterocycles. The van der Waals surface area contributed by atoms with Crippen LogP contribution in [0.25, 0.3) is 0 Å². The van der Waals surface area contributed by atoms with Crippen molar-refractivity contribution in [3.05, 3.63) is 65.5 Å². The summed E-state index contributed by atoms with van der Waals surface area (Å²) in [4.78, 5) is 35.8. The van der Waals surface area contributed by atoms with Crippen molar-refractivity contribution >= 4 is 35.2 Å². The van der Waals surface area contributed by atoms with Crippen molar-refractivity contribution in [3.63, 3.8) is 0 Å². The molecule has 2 rings (SSSR count). The van der Waals surface area contributed by atoms with Crippen LogP contribution < -0.4 is 16.2 Å². The summed E-state index contributed by atoms with van der Waals surface area (Å²) in [6.07, 6.45) is 0. The van der Waals surface area contributed by atoms with E-state index in [0.29, 0.717) is 5.69 Å². The largest absolute Gasteiger partial charge is 0.325 e. The fraction of sp³-hybridized carbons (Fsp3) is 0.211. The van der Waals surface area contributed by atoms with Crippen molar-refractivity contribution < 1.29 is 18.8 Å². The summed E-state index contributed by atoms with van der Waals surface area (Å²) in [5, 5.41) is 2.19. The Morgan fingerprint density at radius 1 is 1.00 bits per heavy atom. The lowest BCUT2D eigenvalue weighted by Gasteiger charge is -2.13. The molecule has 142 valence electrons. The predicted molar refractivity (Wildman–Crippen MR) is 104 cm³/mol. The van der Waals surface area contributed by atoms with Crippen LogP contribution in [0.4, 0.5) is 10.1 Å². The Morgan fingerprint density at radius 3 is 2.26 bits per heavy atom.